The summed E-state index contributed by atoms with van der Waals surface area (Å²) in [5, 5.41) is 61.6. The highest BCUT2D eigenvalue weighted by molar-refractivity contribution is 7.94. The van der Waals surface area contributed by atoms with Gasteiger partial charge in [-0.3, -0.25) is 44.0 Å². The van der Waals surface area contributed by atoms with Gasteiger partial charge in [0, 0.05) is 141 Å². The van der Waals surface area contributed by atoms with Gasteiger partial charge in [-0.15, -0.1) is 8.67 Å². The normalized spacial score (nSPS) is 18.9. The lowest BCUT2D eigenvalue weighted by Crippen LogP contribution is -2.58. The average Bonchev–Trinajstić information content (AvgIpc) is 1.58. The molecule has 5 aliphatic rings. The summed E-state index contributed by atoms with van der Waals surface area (Å²) in [6, 6.07) is 24.1. The maximum atomic E-state index is 14.4. The van der Waals surface area contributed by atoms with Crippen LogP contribution in [0.25, 0.3) is 27.1 Å². The third-order valence-corrected chi connectivity index (χ3v) is 22.3. The molecular formula is C78H101N14O15S2+. The number of carboxylic acid groups (broad SMARTS) is 1. The molecule has 0 spiro atoms. The molecular weight excluding hydrogens is 1440 g/mol. The van der Waals surface area contributed by atoms with Crippen LogP contribution in [-0.4, -0.2) is 199 Å². The van der Waals surface area contributed by atoms with Gasteiger partial charge in [0.2, 0.25) is 41.1 Å². The van der Waals surface area contributed by atoms with Crippen molar-refractivity contribution in [3.05, 3.63) is 144 Å². The maximum absolute atomic E-state index is 14.4. The van der Waals surface area contributed by atoms with Crippen molar-refractivity contribution in [2.75, 3.05) is 75.3 Å². The van der Waals surface area contributed by atoms with E-state index in [4.69, 9.17) is 41.0 Å². The number of pyridine rings is 1. The largest absolute Gasteiger partial charge is 0.480 e. The zero-order chi connectivity index (χ0) is 77.8. The van der Waals surface area contributed by atoms with E-state index in [0.29, 0.717) is 113 Å². The van der Waals surface area contributed by atoms with E-state index in [1.165, 1.54) is 32.0 Å². The molecule has 13 N–H and O–H groups in total. The van der Waals surface area contributed by atoms with Gasteiger partial charge in [0.1, 0.15) is 36.8 Å². The number of nitrogens with one attached hydrogen (secondary N) is 6. The monoisotopic (exact) mass is 1540 g/mol. The number of anilines is 1. The Bertz CT molecular complexity index is 4270. The van der Waals surface area contributed by atoms with Crippen LogP contribution in [-0.2, 0) is 63.1 Å². The van der Waals surface area contributed by atoms with Gasteiger partial charge in [-0.1, -0.05) is 84.6 Å². The first-order valence-corrected chi connectivity index (χ1v) is 39.2. The fourth-order valence-corrected chi connectivity index (χ4v) is 16.6. The van der Waals surface area contributed by atoms with Crippen molar-refractivity contribution in [1.82, 2.24) is 46.3 Å². The number of hydrogen-bond acceptors (Lipinski definition) is 20. The van der Waals surface area contributed by atoms with Crippen molar-refractivity contribution >= 4 is 122 Å². The van der Waals surface area contributed by atoms with E-state index >= 15 is 0 Å². The number of aliphatic carboxylic acids is 1. The highest BCUT2D eigenvalue weighted by Gasteiger charge is 2.48. The average molecular weight is 1540 g/mol. The summed E-state index contributed by atoms with van der Waals surface area (Å²) in [6.45, 7) is 11.3. The molecule has 7 amide bonds. The molecule has 109 heavy (non-hydrogen) atoms. The number of unbranched alkanes of at least 4 members (excludes halogenated alkanes) is 1. The summed E-state index contributed by atoms with van der Waals surface area (Å²) in [4.78, 5) is 120. The lowest BCUT2D eigenvalue weighted by atomic mass is 9.79. The second-order valence-electron chi connectivity index (χ2n) is 28.9. The first-order valence-electron chi connectivity index (χ1n) is 37.4. The minimum Gasteiger partial charge on any atom is -0.480 e. The number of guanidine groups is 1. The van der Waals surface area contributed by atoms with Crippen LogP contribution in [0.3, 0.4) is 0 Å². The van der Waals surface area contributed by atoms with Crippen LogP contribution in [0.4, 0.5) is 11.4 Å². The first kappa shape index (κ1) is 82.2. The molecule has 0 saturated carbocycles. The van der Waals surface area contributed by atoms with E-state index in [9.17, 15) is 43.5 Å². The van der Waals surface area contributed by atoms with Crippen molar-refractivity contribution in [3.8, 4) is 0 Å². The number of benzene rings is 4. The van der Waals surface area contributed by atoms with Crippen LogP contribution in [0.5, 0.6) is 0 Å². The number of allylic oxidation sites excluding steroid dienone is 6. The van der Waals surface area contributed by atoms with E-state index in [2.05, 4.69) is 159 Å². The molecule has 5 aromatic rings. The van der Waals surface area contributed by atoms with E-state index < -0.39 is 76.5 Å². The van der Waals surface area contributed by atoms with Gasteiger partial charge in [-0.25, -0.2) is 15.3 Å². The van der Waals surface area contributed by atoms with Crippen LogP contribution in [0.1, 0.15) is 151 Å². The molecule has 0 bridgehead atoms. The number of fused-ring (bicyclic) bond motifs is 6. The zero-order valence-corrected chi connectivity index (χ0v) is 63.8. The van der Waals surface area contributed by atoms with Crippen molar-refractivity contribution in [2.45, 2.75) is 165 Å². The predicted octanol–water partition coefficient (Wildman–Crippen LogP) is 8.05. The molecule has 4 aromatic carbocycles. The van der Waals surface area contributed by atoms with Crippen molar-refractivity contribution in [1.29, 1.82) is 5.41 Å². The number of nitrogens with zero attached hydrogens (tertiary/aromatic N) is 6. The number of likely N-dealkylation sites (tertiary alicyclic amines) is 3. The molecule has 584 valence electrons. The Morgan fingerprint density at radius 2 is 1.32 bits per heavy atom. The summed E-state index contributed by atoms with van der Waals surface area (Å²) >= 11 is 2.03. The van der Waals surface area contributed by atoms with E-state index in [-0.39, 0.29) is 82.7 Å². The van der Waals surface area contributed by atoms with Crippen molar-refractivity contribution < 1.29 is 77.3 Å². The SMILES string of the molecule is CC1(C)C(/C=C/C(=C/C=C2/N(CCCSOOO)c3ccc4ccccc4c3C2(C)C)c2ccc(C(=O)NCCCC[C@H](NC(=O)CCCNC(=O)[C@@H]3CCCN3C(=O)[C@@H]3CCCN3C(=O)[C@H](CCCNC(=N)N)NC(=O)C3CCCN3C(=O)CN)C(=O)O)cn2)=[N+](CCCSOOO)c2ccc3ccccc3c21. The molecule has 10 rings (SSSR count). The predicted molar refractivity (Wildman–Crippen MR) is 417 cm³/mol. The molecule has 5 aliphatic heterocycles. The molecule has 1 aromatic heterocycles. The van der Waals surface area contributed by atoms with Crippen LogP contribution >= 0.6 is 24.1 Å². The Hall–Kier alpha value is -9.31. The van der Waals surface area contributed by atoms with Gasteiger partial charge < -0.3 is 62.8 Å². The number of carbonyl (C=O) groups is 8. The van der Waals surface area contributed by atoms with Gasteiger partial charge in [-0.05, 0) is 161 Å². The Morgan fingerprint density at radius 1 is 0.688 bits per heavy atom. The fourth-order valence-electron chi connectivity index (χ4n) is 15.9. The van der Waals surface area contributed by atoms with E-state index in [0.717, 1.165) is 74.0 Å². The van der Waals surface area contributed by atoms with Crippen molar-refractivity contribution in [3.63, 3.8) is 0 Å². The molecule has 29 nitrogen and oxygen atoms in total. The lowest BCUT2D eigenvalue weighted by molar-refractivity contribution is -0.438. The van der Waals surface area contributed by atoms with E-state index in [1.807, 2.05) is 18.2 Å². The third kappa shape index (κ3) is 20.0. The summed E-state index contributed by atoms with van der Waals surface area (Å²) in [5.74, 6) is -3.46. The summed E-state index contributed by atoms with van der Waals surface area (Å²) in [5.41, 5.74) is 18.4. The second kappa shape index (κ2) is 38.9. The highest BCUT2D eigenvalue weighted by atomic mass is 32.2. The van der Waals surface area contributed by atoms with Gasteiger partial charge in [0.05, 0.1) is 23.2 Å². The number of aromatic nitrogens is 1. The first-order chi connectivity index (χ1) is 52.6. The van der Waals surface area contributed by atoms with Gasteiger partial charge in [0.25, 0.3) is 5.91 Å². The topological polar surface area (TPSA) is 399 Å². The molecule has 1 unspecified atom stereocenters. The number of amides is 7. The summed E-state index contributed by atoms with van der Waals surface area (Å²) in [7, 11) is 0. The molecule has 31 heteroatoms. The van der Waals surface area contributed by atoms with Gasteiger partial charge in [0.15, 0.2) is 11.7 Å². The Kier molecular flexibility index (Phi) is 29.3. The maximum Gasteiger partial charge on any atom is 0.326 e. The molecule has 6 heterocycles. The standard InChI is InChI=1S/C78H100N14O15S2/c1-77(2)64(88(44-16-46-108-106-104-102)59-34-29-50-18-5-7-20-54(50)68(59)77)36-31-52(32-37-65-78(3,4)69-55-21-8-6-19-51(55)30-35-60(69)89(65)45-17-47-109-107-105-103)56-33-28-53(49-85-56)70(95)82-38-10-9-22-58(75(100)101)86-66(93)27-12-39-83-71(96)61-24-14-42-91(61)74(99)63-26-15-43-92(63)73(98)57(23-11-40-84-76(80)81)87-72(97)62-25-13-41-90(62)67(94)48-79/h5-8,18-21,28-37,49,57-58,61-63H,9-17,22-27,38-48,79H2,1-4H3,(H10-,80,81,82,83,84,86,87,93,95,96,97,100,101,102,103)/p+1/t57-,58-,61-,62?,63-/m0/s1. The van der Waals surface area contributed by atoms with Crippen LogP contribution < -0.4 is 43.0 Å². The quantitative estimate of drug-likeness (QED) is 0.00260. The smallest absolute Gasteiger partial charge is 0.326 e. The van der Waals surface area contributed by atoms with Gasteiger partial charge >= 0.3 is 5.97 Å². The number of rotatable bonds is 38. The third-order valence-electron chi connectivity index (χ3n) is 21.1. The van der Waals surface area contributed by atoms with Crippen molar-refractivity contribution in [2.24, 2.45) is 11.5 Å². The Labute approximate surface area is 642 Å². The number of nitrogens with two attached hydrogens (primary N) is 2. The minimum absolute atomic E-state index is 0.0656. The Morgan fingerprint density at radius 3 is 2.00 bits per heavy atom. The Balaban J connectivity index is 0.752. The molecule has 0 aliphatic carbocycles. The fraction of sp³-hybridized carbons (Fsp3) is 0.474. The zero-order valence-electron chi connectivity index (χ0n) is 62.1. The summed E-state index contributed by atoms with van der Waals surface area (Å²) < 4.78 is 11.8. The highest BCUT2D eigenvalue weighted by Crippen LogP contribution is 2.51. The lowest BCUT2D eigenvalue weighted by Gasteiger charge is -2.33. The molecule has 3 saturated heterocycles. The van der Waals surface area contributed by atoms with Crippen LogP contribution in [0, 0.1) is 5.41 Å². The minimum atomic E-state index is -1.22. The molecule has 3 fully saturated rings. The number of carboxylic acids is 1. The van der Waals surface area contributed by atoms with Crippen LogP contribution in [0.2, 0.25) is 0 Å². The number of carbonyl (C=O) groups excluding carboxylic acids is 7. The summed E-state index contributed by atoms with van der Waals surface area (Å²) in [6.07, 6.45) is 15.5. The number of hydrogen-bond donors (Lipinski definition) is 11. The van der Waals surface area contributed by atoms with Gasteiger partial charge in [-0.2, -0.15) is 4.58 Å². The van der Waals surface area contributed by atoms with Crippen LogP contribution in [0.15, 0.2) is 121 Å². The molecule has 0 radical (unpaired) electrons. The van der Waals surface area contributed by atoms with E-state index in [1.54, 1.807) is 6.07 Å². The molecule has 5 atom stereocenters. The second-order valence-corrected chi connectivity index (χ2v) is 30.4.